The van der Waals surface area contributed by atoms with Gasteiger partial charge in [0.15, 0.2) is 0 Å². The highest BCUT2D eigenvalue weighted by Crippen LogP contribution is 2.67. The third-order valence-corrected chi connectivity index (χ3v) is 6.13. The zero-order valence-electron chi connectivity index (χ0n) is 12.4. The van der Waals surface area contributed by atoms with E-state index < -0.39 is 0 Å². The van der Waals surface area contributed by atoms with Crippen molar-refractivity contribution in [3.8, 4) is 0 Å². The molecule has 0 amide bonds. The van der Waals surface area contributed by atoms with Crippen molar-refractivity contribution in [1.82, 2.24) is 9.55 Å². The molecule has 0 radical (unpaired) electrons. The highest BCUT2D eigenvalue weighted by Gasteiger charge is 2.60. The molecule has 0 saturated heterocycles. The van der Waals surface area contributed by atoms with Crippen molar-refractivity contribution in [3.05, 3.63) is 31.6 Å². The molecule has 4 nitrogen and oxygen atoms in total. The van der Waals surface area contributed by atoms with Gasteiger partial charge in [0.2, 0.25) is 0 Å². The van der Waals surface area contributed by atoms with Gasteiger partial charge in [0.1, 0.15) is 5.15 Å². The molecule has 2 bridgehead atoms. The Kier molecular flexibility index (Phi) is 2.79. The predicted octanol–water partition coefficient (Wildman–Crippen LogP) is 2.89. The summed E-state index contributed by atoms with van der Waals surface area (Å²) in [7, 11) is 0. The molecule has 20 heavy (non-hydrogen) atoms. The van der Waals surface area contributed by atoms with E-state index in [9.17, 15) is 9.59 Å². The van der Waals surface area contributed by atoms with Gasteiger partial charge in [-0.05, 0) is 42.9 Å². The molecule has 2 saturated carbocycles. The maximum Gasteiger partial charge on any atom is 0.329 e. The van der Waals surface area contributed by atoms with Gasteiger partial charge in [-0.15, -0.1) is 0 Å². The summed E-state index contributed by atoms with van der Waals surface area (Å²) in [6.45, 7) is 8.24. The van der Waals surface area contributed by atoms with E-state index in [1.807, 2.05) is 0 Å². The smallest absolute Gasteiger partial charge is 0.297 e. The molecule has 3 atom stereocenters. The van der Waals surface area contributed by atoms with Gasteiger partial charge in [-0.1, -0.05) is 32.4 Å². The molecule has 1 heterocycles. The SMILES string of the molecule is Cc1c(Cl)[nH]c(=O)n(C2C3(C)CCC(C3)C2(C)C)c1=O. The first-order valence-corrected chi connectivity index (χ1v) is 7.57. The second-order valence-corrected chi connectivity index (χ2v) is 7.74. The second kappa shape index (κ2) is 4.00. The molecule has 1 aromatic rings. The first-order valence-electron chi connectivity index (χ1n) is 7.19. The van der Waals surface area contributed by atoms with Crippen LogP contribution >= 0.6 is 11.6 Å². The quantitative estimate of drug-likeness (QED) is 0.810. The lowest BCUT2D eigenvalue weighted by atomic mass is 9.68. The van der Waals surface area contributed by atoms with Crippen molar-refractivity contribution in [2.45, 2.75) is 53.0 Å². The van der Waals surface area contributed by atoms with Crippen LogP contribution in [0.15, 0.2) is 9.59 Å². The number of hydrogen-bond acceptors (Lipinski definition) is 2. The standard InChI is InChI=1S/C15H21ClN2O2/c1-8-10(16)17-13(20)18(11(8)19)12-14(2,3)9-5-6-15(12,4)7-9/h9,12H,5-7H2,1-4H3,(H,17,20). The first kappa shape index (κ1) is 13.9. The summed E-state index contributed by atoms with van der Waals surface area (Å²) >= 11 is 5.91. The van der Waals surface area contributed by atoms with Gasteiger partial charge in [0.05, 0.1) is 6.04 Å². The van der Waals surface area contributed by atoms with Gasteiger partial charge in [0, 0.05) is 5.56 Å². The van der Waals surface area contributed by atoms with E-state index in [-0.39, 0.29) is 33.3 Å². The van der Waals surface area contributed by atoms with Gasteiger partial charge in [-0.25, -0.2) is 4.79 Å². The second-order valence-electron chi connectivity index (χ2n) is 7.36. The van der Waals surface area contributed by atoms with E-state index in [1.54, 1.807) is 6.92 Å². The largest absolute Gasteiger partial charge is 0.329 e. The van der Waals surface area contributed by atoms with Crippen molar-refractivity contribution in [2.75, 3.05) is 0 Å². The summed E-state index contributed by atoms with van der Waals surface area (Å²) in [4.78, 5) is 27.5. The average Bonchev–Trinajstić information content (AvgIpc) is 2.82. The van der Waals surface area contributed by atoms with Crippen molar-refractivity contribution in [1.29, 1.82) is 0 Å². The number of nitrogens with one attached hydrogen (secondary N) is 1. The molecule has 3 unspecified atom stereocenters. The van der Waals surface area contributed by atoms with Gasteiger partial charge in [-0.3, -0.25) is 14.3 Å². The Morgan fingerprint density at radius 1 is 1.30 bits per heavy atom. The number of H-pyrrole nitrogens is 1. The van der Waals surface area contributed by atoms with Crippen molar-refractivity contribution >= 4 is 11.6 Å². The Labute approximate surface area is 123 Å². The fourth-order valence-electron chi connectivity index (χ4n) is 4.77. The van der Waals surface area contributed by atoms with Crippen molar-refractivity contribution in [2.24, 2.45) is 16.7 Å². The minimum absolute atomic E-state index is 0.0330. The number of aromatic nitrogens is 2. The number of aromatic amines is 1. The molecule has 110 valence electrons. The highest BCUT2D eigenvalue weighted by atomic mass is 35.5. The summed E-state index contributed by atoms with van der Waals surface area (Å²) in [6, 6.07) is -0.0547. The third-order valence-electron chi connectivity index (χ3n) is 5.76. The van der Waals surface area contributed by atoms with Crippen LogP contribution in [0.1, 0.15) is 51.6 Å². The number of hydrogen-bond donors (Lipinski definition) is 1. The molecule has 1 aromatic heterocycles. The fraction of sp³-hybridized carbons (Fsp3) is 0.733. The zero-order valence-corrected chi connectivity index (χ0v) is 13.2. The van der Waals surface area contributed by atoms with Gasteiger partial charge in [-0.2, -0.15) is 0 Å². The monoisotopic (exact) mass is 296 g/mol. The van der Waals surface area contributed by atoms with Crippen LogP contribution in [0, 0.1) is 23.7 Å². The van der Waals surface area contributed by atoms with E-state index in [0.29, 0.717) is 11.5 Å². The molecule has 2 fully saturated rings. The summed E-state index contributed by atoms with van der Waals surface area (Å²) < 4.78 is 1.43. The maximum atomic E-state index is 12.6. The molecule has 0 aliphatic heterocycles. The van der Waals surface area contributed by atoms with Gasteiger partial charge < -0.3 is 0 Å². The molecule has 5 heteroatoms. The van der Waals surface area contributed by atoms with Crippen LogP contribution in [0.2, 0.25) is 5.15 Å². The Morgan fingerprint density at radius 3 is 2.50 bits per heavy atom. The van der Waals surface area contributed by atoms with E-state index in [0.717, 1.165) is 12.8 Å². The topological polar surface area (TPSA) is 54.9 Å². The minimum Gasteiger partial charge on any atom is -0.297 e. The summed E-state index contributed by atoms with van der Waals surface area (Å²) in [5, 5.41) is 0.155. The van der Waals surface area contributed by atoms with E-state index >= 15 is 0 Å². The zero-order chi connectivity index (χ0) is 14.9. The lowest BCUT2D eigenvalue weighted by molar-refractivity contribution is 0.0767. The van der Waals surface area contributed by atoms with Crippen LogP contribution in [-0.2, 0) is 0 Å². The van der Waals surface area contributed by atoms with Crippen molar-refractivity contribution in [3.63, 3.8) is 0 Å². The lowest BCUT2D eigenvalue weighted by Crippen LogP contribution is -2.49. The van der Waals surface area contributed by atoms with Crippen LogP contribution in [-0.4, -0.2) is 9.55 Å². The number of nitrogens with zero attached hydrogens (tertiary/aromatic N) is 1. The van der Waals surface area contributed by atoms with E-state index in [1.165, 1.54) is 11.0 Å². The molecular weight excluding hydrogens is 276 g/mol. The molecule has 0 aromatic carbocycles. The predicted molar refractivity (Wildman–Crippen MR) is 79.3 cm³/mol. The molecule has 3 rings (SSSR count). The van der Waals surface area contributed by atoms with Gasteiger partial charge in [0.25, 0.3) is 5.56 Å². The maximum absolute atomic E-state index is 12.6. The first-order chi connectivity index (χ1) is 9.18. The minimum atomic E-state index is -0.377. The fourth-order valence-corrected chi connectivity index (χ4v) is 4.93. The lowest BCUT2D eigenvalue weighted by Gasteiger charge is -2.43. The Morgan fingerprint density at radius 2 is 1.95 bits per heavy atom. The molecule has 2 aliphatic carbocycles. The van der Waals surface area contributed by atoms with Crippen LogP contribution in [0.3, 0.4) is 0 Å². The van der Waals surface area contributed by atoms with Crippen LogP contribution in [0.4, 0.5) is 0 Å². The Bertz CT molecular complexity index is 683. The van der Waals surface area contributed by atoms with E-state index in [2.05, 4.69) is 25.8 Å². The number of fused-ring (bicyclic) bond motifs is 2. The normalized spacial score (nSPS) is 34.6. The van der Waals surface area contributed by atoms with Crippen LogP contribution < -0.4 is 11.2 Å². The van der Waals surface area contributed by atoms with E-state index in [4.69, 9.17) is 11.6 Å². The number of rotatable bonds is 1. The van der Waals surface area contributed by atoms with Gasteiger partial charge >= 0.3 is 5.69 Å². The Hall–Kier alpha value is -1.03. The van der Waals surface area contributed by atoms with Crippen LogP contribution in [0.5, 0.6) is 0 Å². The van der Waals surface area contributed by atoms with Crippen molar-refractivity contribution < 1.29 is 0 Å². The summed E-state index contributed by atoms with van der Waals surface area (Å²) in [6.07, 6.45) is 3.37. The molecular formula is C15H21ClN2O2. The third kappa shape index (κ3) is 1.60. The van der Waals surface area contributed by atoms with Crippen LogP contribution in [0.25, 0.3) is 0 Å². The summed E-state index contributed by atoms with van der Waals surface area (Å²) in [5.74, 6) is 0.583. The summed E-state index contributed by atoms with van der Waals surface area (Å²) in [5.41, 5.74) is -0.202. The molecule has 0 spiro atoms. The number of halogens is 1. The highest BCUT2D eigenvalue weighted by molar-refractivity contribution is 6.30. The Balaban J connectivity index is 2.27. The average molecular weight is 297 g/mol. The molecule has 1 N–H and O–H groups in total. The molecule has 2 aliphatic rings.